The summed E-state index contributed by atoms with van der Waals surface area (Å²) in [5, 5.41) is 26.8. The molecular formula is C19H24N2O2. The van der Waals surface area contributed by atoms with Gasteiger partial charge >= 0.3 is 0 Å². The number of rotatable bonds is 6. The van der Waals surface area contributed by atoms with Gasteiger partial charge in [-0.15, -0.1) is 0 Å². The van der Waals surface area contributed by atoms with Crippen LogP contribution >= 0.6 is 0 Å². The zero-order valence-electron chi connectivity index (χ0n) is 13.8. The first-order chi connectivity index (χ1) is 11.0. The van der Waals surface area contributed by atoms with Crippen molar-refractivity contribution < 1.29 is 10.2 Å². The summed E-state index contributed by atoms with van der Waals surface area (Å²) >= 11 is 0. The number of phenolic OH excluding ortho intramolecular Hbond substituents is 1. The summed E-state index contributed by atoms with van der Waals surface area (Å²) in [6.07, 6.45) is 0.990. The fraction of sp³-hybridized carbons (Fsp3) is 0.316. The summed E-state index contributed by atoms with van der Waals surface area (Å²) in [5.74, 6) is 0.191. The summed E-state index contributed by atoms with van der Waals surface area (Å²) < 4.78 is 0. The molecule has 2 atom stereocenters. The normalized spacial score (nSPS) is 14.1. The molecule has 0 saturated heterocycles. The van der Waals surface area contributed by atoms with Crippen molar-refractivity contribution in [2.45, 2.75) is 39.0 Å². The molecule has 0 saturated carbocycles. The first-order valence-corrected chi connectivity index (χ1v) is 7.84. The van der Waals surface area contributed by atoms with E-state index in [2.05, 4.69) is 5.10 Å². The van der Waals surface area contributed by atoms with E-state index in [0.29, 0.717) is 5.56 Å². The first-order valence-electron chi connectivity index (χ1n) is 7.84. The Balaban J connectivity index is 2.19. The van der Waals surface area contributed by atoms with Gasteiger partial charge in [0.1, 0.15) is 11.9 Å². The van der Waals surface area contributed by atoms with E-state index in [0.717, 1.165) is 5.56 Å². The summed E-state index contributed by atoms with van der Waals surface area (Å²) in [5.41, 5.74) is 1.52. The van der Waals surface area contributed by atoms with Crippen LogP contribution < -0.4 is 0 Å². The second-order valence-electron chi connectivity index (χ2n) is 5.87. The van der Waals surface area contributed by atoms with Gasteiger partial charge in [-0.2, -0.15) is 5.10 Å². The molecule has 4 heteroatoms. The molecule has 0 amide bonds. The molecule has 0 radical (unpaired) electrons. The molecule has 0 aliphatic heterocycles. The maximum absolute atomic E-state index is 10.6. The standard InChI is InChI=1S/C19H24N2O2/c1-14(2)21(20-13-17-11-7-8-12-18(17)22)15(3)19(23)16-9-5-4-6-10-16/h4-15,19,22-23H,1-3H3/b20-13+/t15-,19-/m0/s1. The maximum atomic E-state index is 10.6. The van der Waals surface area contributed by atoms with Gasteiger partial charge in [0.25, 0.3) is 0 Å². The smallest absolute Gasteiger partial charge is 0.124 e. The first kappa shape index (κ1) is 17.0. The Morgan fingerprint density at radius 1 is 0.957 bits per heavy atom. The van der Waals surface area contributed by atoms with Gasteiger partial charge in [0.15, 0.2) is 0 Å². The highest BCUT2D eigenvalue weighted by atomic mass is 16.3. The minimum atomic E-state index is -0.639. The van der Waals surface area contributed by atoms with Gasteiger partial charge < -0.3 is 10.2 Å². The lowest BCUT2D eigenvalue weighted by Crippen LogP contribution is -2.38. The van der Waals surface area contributed by atoms with Gasteiger partial charge in [-0.25, -0.2) is 0 Å². The van der Waals surface area contributed by atoms with Gasteiger partial charge in [-0.3, -0.25) is 5.01 Å². The van der Waals surface area contributed by atoms with Gasteiger partial charge in [0, 0.05) is 11.6 Å². The van der Waals surface area contributed by atoms with E-state index in [1.54, 1.807) is 24.4 Å². The predicted octanol–water partition coefficient (Wildman–Crippen LogP) is 3.56. The van der Waals surface area contributed by atoms with E-state index in [1.165, 1.54) is 0 Å². The molecule has 2 N–H and O–H groups in total. The molecule has 0 spiro atoms. The van der Waals surface area contributed by atoms with Crippen LogP contribution in [-0.4, -0.2) is 33.5 Å². The number of hydrogen-bond donors (Lipinski definition) is 2. The molecule has 0 heterocycles. The van der Waals surface area contributed by atoms with Crippen LogP contribution in [0.1, 0.15) is 38.0 Å². The monoisotopic (exact) mass is 312 g/mol. The fourth-order valence-electron chi connectivity index (χ4n) is 2.51. The Labute approximate surface area is 137 Å². The van der Waals surface area contributed by atoms with E-state index in [4.69, 9.17) is 0 Å². The van der Waals surface area contributed by atoms with Crippen molar-refractivity contribution in [2.75, 3.05) is 0 Å². The predicted molar refractivity (Wildman–Crippen MR) is 93.5 cm³/mol. The summed E-state index contributed by atoms with van der Waals surface area (Å²) in [6.45, 7) is 5.99. The number of para-hydroxylation sites is 1. The second kappa shape index (κ2) is 7.79. The van der Waals surface area contributed by atoms with Crippen LogP contribution in [0.2, 0.25) is 0 Å². The number of aromatic hydroxyl groups is 1. The van der Waals surface area contributed by atoms with Gasteiger partial charge in [0.2, 0.25) is 0 Å². The zero-order valence-corrected chi connectivity index (χ0v) is 13.8. The third-order valence-electron chi connectivity index (χ3n) is 3.81. The Morgan fingerprint density at radius 2 is 1.57 bits per heavy atom. The lowest BCUT2D eigenvalue weighted by molar-refractivity contribution is 0.0425. The average molecular weight is 312 g/mol. The Morgan fingerprint density at radius 3 is 2.17 bits per heavy atom. The van der Waals surface area contributed by atoms with Crippen molar-refractivity contribution in [3.8, 4) is 5.75 Å². The van der Waals surface area contributed by atoms with Crippen LogP contribution in [0.3, 0.4) is 0 Å². The van der Waals surface area contributed by atoms with Crippen molar-refractivity contribution in [1.82, 2.24) is 5.01 Å². The number of aliphatic hydroxyl groups is 1. The molecule has 122 valence electrons. The Kier molecular flexibility index (Phi) is 5.77. The highest BCUT2D eigenvalue weighted by molar-refractivity contribution is 5.82. The lowest BCUT2D eigenvalue weighted by Gasteiger charge is -2.33. The van der Waals surface area contributed by atoms with Gasteiger partial charge in [-0.05, 0) is 38.5 Å². The van der Waals surface area contributed by atoms with Crippen molar-refractivity contribution >= 4 is 6.21 Å². The molecular weight excluding hydrogens is 288 g/mol. The van der Waals surface area contributed by atoms with Crippen LogP contribution in [0, 0.1) is 0 Å². The molecule has 0 aliphatic rings. The number of hydrogen-bond acceptors (Lipinski definition) is 4. The minimum Gasteiger partial charge on any atom is -0.507 e. The summed E-state index contributed by atoms with van der Waals surface area (Å²) in [4.78, 5) is 0. The third kappa shape index (κ3) is 4.33. The molecule has 0 bridgehead atoms. The van der Waals surface area contributed by atoms with E-state index >= 15 is 0 Å². The third-order valence-corrected chi connectivity index (χ3v) is 3.81. The van der Waals surface area contributed by atoms with Crippen LogP contribution in [0.25, 0.3) is 0 Å². The quantitative estimate of drug-likeness (QED) is 0.633. The van der Waals surface area contributed by atoms with E-state index < -0.39 is 6.10 Å². The number of hydrazone groups is 1. The van der Waals surface area contributed by atoms with Crippen LogP contribution in [0.5, 0.6) is 5.75 Å². The molecule has 2 aromatic carbocycles. The topological polar surface area (TPSA) is 56.1 Å². The van der Waals surface area contributed by atoms with Crippen LogP contribution in [0.4, 0.5) is 0 Å². The highest BCUT2D eigenvalue weighted by Gasteiger charge is 2.23. The molecule has 4 nitrogen and oxygen atoms in total. The largest absolute Gasteiger partial charge is 0.507 e. The molecule has 0 fully saturated rings. The number of benzene rings is 2. The Bertz CT molecular complexity index is 641. The molecule has 0 unspecified atom stereocenters. The second-order valence-corrected chi connectivity index (χ2v) is 5.87. The molecule has 0 aromatic heterocycles. The summed E-state index contributed by atoms with van der Waals surface area (Å²) in [6, 6.07) is 16.5. The molecule has 0 aliphatic carbocycles. The van der Waals surface area contributed by atoms with Gasteiger partial charge in [0.05, 0.1) is 12.3 Å². The number of aliphatic hydroxyl groups excluding tert-OH is 1. The maximum Gasteiger partial charge on any atom is 0.124 e. The number of phenols is 1. The van der Waals surface area contributed by atoms with Crippen LogP contribution in [-0.2, 0) is 0 Å². The van der Waals surface area contributed by atoms with Crippen molar-refractivity contribution in [2.24, 2.45) is 5.10 Å². The minimum absolute atomic E-state index is 0.116. The zero-order chi connectivity index (χ0) is 16.8. The Hall–Kier alpha value is -2.33. The van der Waals surface area contributed by atoms with Crippen molar-refractivity contribution in [1.29, 1.82) is 0 Å². The lowest BCUT2D eigenvalue weighted by atomic mass is 10.0. The molecule has 23 heavy (non-hydrogen) atoms. The van der Waals surface area contributed by atoms with Crippen LogP contribution in [0.15, 0.2) is 59.7 Å². The molecule has 2 rings (SSSR count). The highest BCUT2D eigenvalue weighted by Crippen LogP contribution is 2.23. The van der Waals surface area contributed by atoms with E-state index in [9.17, 15) is 10.2 Å². The van der Waals surface area contributed by atoms with E-state index in [-0.39, 0.29) is 17.8 Å². The fourth-order valence-corrected chi connectivity index (χ4v) is 2.51. The van der Waals surface area contributed by atoms with E-state index in [1.807, 2.05) is 62.2 Å². The van der Waals surface area contributed by atoms with Crippen molar-refractivity contribution in [3.63, 3.8) is 0 Å². The SMILES string of the molecule is CC(C)N(/N=C/c1ccccc1O)[C@@H](C)[C@H](O)c1ccccc1. The number of nitrogens with zero attached hydrogens (tertiary/aromatic N) is 2. The average Bonchev–Trinajstić information content (AvgIpc) is 2.56. The summed E-state index contributed by atoms with van der Waals surface area (Å²) in [7, 11) is 0. The van der Waals surface area contributed by atoms with Crippen molar-refractivity contribution in [3.05, 3.63) is 65.7 Å². The molecule has 2 aromatic rings. The van der Waals surface area contributed by atoms with Gasteiger partial charge in [-0.1, -0.05) is 42.5 Å².